The van der Waals surface area contributed by atoms with Crippen LogP contribution >= 0.6 is 0 Å². The number of hydrogen-bond donors (Lipinski definition) is 1. The number of benzene rings is 2. The van der Waals surface area contributed by atoms with Crippen LogP contribution in [0.25, 0.3) is 0 Å². The number of carbonyl (C=O) groups is 2. The van der Waals surface area contributed by atoms with E-state index in [1.807, 2.05) is 6.92 Å². The van der Waals surface area contributed by atoms with Crippen molar-refractivity contribution < 1.29 is 19.1 Å². The van der Waals surface area contributed by atoms with Gasteiger partial charge in [0.1, 0.15) is 5.75 Å². The minimum Gasteiger partial charge on any atom is -0.494 e. The highest BCUT2D eigenvalue weighted by Crippen LogP contribution is 2.17. The van der Waals surface area contributed by atoms with Crippen LogP contribution in [-0.2, 0) is 4.74 Å². The number of nitrogens with one attached hydrogen (secondary N) is 1. The van der Waals surface area contributed by atoms with Crippen LogP contribution in [0.5, 0.6) is 5.75 Å². The van der Waals surface area contributed by atoms with Crippen molar-refractivity contribution in [3.05, 3.63) is 59.7 Å². The van der Waals surface area contributed by atoms with E-state index >= 15 is 0 Å². The number of hydrogen-bond acceptors (Lipinski definition) is 4. The first-order valence-electron chi connectivity index (χ1n) is 7.36. The van der Waals surface area contributed by atoms with Gasteiger partial charge in [-0.05, 0) is 48.9 Å². The molecule has 0 aliphatic rings. The maximum absolute atomic E-state index is 12.2. The molecule has 2 rings (SSSR count). The molecule has 0 bridgehead atoms. The molecule has 1 amide bonds. The summed E-state index contributed by atoms with van der Waals surface area (Å²) < 4.78 is 10.1. The summed E-state index contributed by atoms with van der Waals surface area (Å²) in [6.45, 7) is 2.70. The van der Waals surface area contributed by atoms with Crippen molar-refractivity contribution in [2.24, 2.45) is 0 Å². The summed E-state index contributed by atoms with van der Waals surface area (Å²) in [5.74, 6) is -0.00686. The Morgan fingerprint density at radius 1 is 1.04 bits per heavy atom. The highest BCUT2D eigenvalue weighted by atomic mass is 16.5. The van der Waals surface area contributed by atoms with Crippen LogP contribution in [0.2, 0.25) is 0 Å². The minimum atomic E-state index is -0.475. The Hall–Kier alpha value is -2.82. The Morgan fingerprint density at radius 3 is 2.39 bits per heavy atom. The zero-order chi connectivity index (χ0) is 16.7. The fourth-order valence-electron chi connectivity index (χ4n) is 1.96. The van der Waals surface area contributed by atoms with Crippen molar-refractivity contribution in [3.63, 3.8) is 0 Å². The van der Waals surface area contributed by atoms with E-state index in [-0.39, 0.29) is 5.91 Å². The van der Waals surface area contributed by atoms with Gasteiger partial charge in [-0.15, -0.1) is 0 Å². The van der Waals surface area contributed by atoms with Gasteiger partial charge in [0.05, 0.1) is 19.3 Å². The molecule has 0 unspecified atom stereocenters. The van der Waals surface area contributed by atoms with E-state index in [0.717, 1.165) is 12.2 Å². The summed E-state index contributed by atoms with van der Waals surface area (Å²) in [4.78, 5) is 23.7. The molecule has 0 atom stereocenters. The first kappa shape index (κ1) is 16.5. The topological polar surface area (TPSA) is 64.6 Å². The van der Waals surface area contributed by atoms with E-state index in [1.165, 1.54) is 13.2 Å². The van der Waals surface area contributed by atoms with Crippen LogP contribution < -0.4 is 10.1 Å². The lowest BCUT2D eigenvalue weighted by Crippen LogP contribution is -2.13. The molecule has 0 aliphatic carbocycles. The van der Waals surface area contributed by atoms with Gasteiger partial charge in [-0.3, -0.25) is 4.79 Å². The molecular formula is C18H19NO4. The molecule has 0 heterocycles. The lowest BCUT2D eigenvalue weighted by molar-refractivity contribution is 0.0600. The van der Waals surface area contributed by atoms with Gasteiger partial charge in [-0.2, -0.15) is 0 Å². The molecule has 0 saturated carbocycles. The van der Waals surface area contributed by atoms with Crippen molar-refractivity contribution in [2.75, 3.05) is 19.0 Å². The Kier molecular flexibility index (Phi) is 5.74. The van der Waals surface area contributed by atoms with Gasteiger partial charge >= 0.3 is 5.97 Å². The molecule has 120 valence electrons. The van der Waals surface area contributed by atoms with E-state index in [1.54, 1.807) is 42.5 Å². The third-order valence-electron chi connectivity index (χ3n) is 3.13. The summed E-state index contributed by atoms with van der Waals surface area (Å²) in [6, 6.07) is 13.5. The van der Waals surface area contributed by atoms with Gasteiger partial charge in [0.15, 0.2) is 0 Å². The molecule has 1 N–H and O–H groups in total. The Balaban J connectivity index is 2.05. The van der Waals surface area contributed by atoms with Crippen LogP contribution in [0, 0.1) is 0 Å². The summed E-state index contributed by atoms with van der Waals surface area (Å²) in [5.41, 5.74) is 1.38. The zero-order valence-electron chi connectivity index (χ0n) is 13.2. The van der Waals surface area contributed by atoms with E-state index in [0.29, 0.717) is 23.4 Å². The van der Waals surface area contributed by atoms with Gasteiger partial charge in [0.2, 0.25) is 0 Å². The fraction of sp³-hybridized carbons (Fsp3) is 0.222. The van der Waals surface area contributed by atoms with Gasteiger partial charge in [-0.1, -0.05) is 13.0 Å². The Bertz CT molecular complexity index is 680. The monoisotopic (exact) mass is 313 g/mol. The van der Waals surface area contributed by atoms with Gasteiger partial charge in [-0.25, -0.2) is 4.79 Å². The molecular weight excluding hydrogens is 294 g/mol. The highest BCUT2D eigenvalue weighted by Gasteiger charge is 2.10. The third-order valence-corrected chi connectivity index (χ3v) is 3.13. The van der Waals surface area contributed by atoms with Crippen LogP contribution in [0.15, 0.2) is 48.5 Å². The molecule has 0 spiro atoms. The standard InChI is InChI=1S/C18H19NO4/c1-3-11-23-16-9-7-15(8-10-16)19-17(20)13-5-4-6-14(12-13)18(21)22-2/h4-10,12H,3,11H2,1-2H3,(H,19,20). The minimum absolute atomic E-state index is 0.294. The number of carbonyl (C=O) groups excluding carboxylic acids is 2. The van der Waals surface area contributed by atoms with E-state index in [2.05, 4.69) is 10.1 Å². The second-order valence-electron chi connectivity index (χ2n) is 4.90. The van der Waals surface area contributed by atoms with Crippen molar-refractivity contribution in [1.29, 1.82) is 0 Å². The van der Waals surface area contributed by atoms with E-state index in [4.69, 9.17) is 4.74 Å². The number of amides is 1. The maximum Gasteiger partial charge on any atom is 0.337 e. The highest BCUT2D eigenvalue weighted by molar-refractivity contribution is 6.05. The van der Waals surface area contributed by atoms with Crippen LogP contribution in [0.1, 0.15) is 34.1 Å². The predicted molar refractivity (Wildman–Crippen MR) is 88.0 cm³/mol. The number of methoxy groups -OCH3 is 1. The van der Waals surface area contributed by atoms with Crippen LogP contribution in [0.3, 0.4) is 0 Å². The second-order valence-corrected chi connectivity index (χ2v) is 4.90. The SMILES string of the molecule is CCCOc1ccc(NC(=O)c2cccc(C(=O)OC)c2)cc1. The molecule has 23 heavy (non-hydrogen) atoms. The third kappa shape index (κ3) is 4.57. The second kappa shape index (κ2) is 7.98. The number of ether oxygens (including phenoxy) is 2. The van der Waals surface area contributed by atoms with Crippen molar-refractivity contribution in [3.8, 4) is 5.75 Å². The van der Waals surface area contributed by atoms with Crippen LogP contribution in [-0.4, -0.2) is 25.6 Å². The van der Waals surface area contributed by atoms with Crippen molar-refractivity contribution in [2.45, 2.75) is 13.3 Å². The first-order valence-corrected chi connectivity index (χ1v) is 7.36. The summed E-state index contributed by atoms with van der Waals surface area (Å²) in [5, 5.41) is 2.78. The Labute approximate surface area is 135 Å². The van der Waals surface area contributed by atoms with Gasteiger partial charge in [0, 0.05) is 11.3 Å². The first-order chi connectivity index (χ1) is 11.1. The summed E-state index contributed by atoms with van der Waals surface area (Å²) >= 11 is 0. The molecule has 5 nitrogen and oxygen atoms in total. The molecule has 2 aromatic rings. The largest absolute Gasteiger partial charge is 0.494 e. The summed E-state index contributed by atoms with van der Waals surface area (Å²) in [6.07, 6.45) is 0.940. The quantitative estimate of drug-likeness (QED) is 0.829. The normalized spacial score (nSPS) is 10.0. The molecule has 5 heteroatoms. The molecule has 0 saturated heterocycles. The fourth-order valence-corrected chi connectivity index (χ4v) is 1.96. The maximum atomic E-state index is 12.2. The lowest BCUT2D eigenvalue weighted by Gasteiger charge is -2.08. The van der Waals surface area contributed by atoms with Crippen LogP contribution in [0.4, 0.5) is 5.69 Å². The summed E-state index contributed by atoms with van der Waals surface area (Å²) in [7, 11) is 1.30. The van der Waals surface area contributed by atoms with Crippen molar-refractivity contribution >= 4 is 17.6 Å². The molecule has 0 aromatic heterocycles. The Morgan fingerprint density at radius 2 is 1.74 bits per heavy atom. The average Bonchev–Trinajstić information content (AvgIpc) is 2.60. The van der Waals surface area contributed by atoms with E-state index in [9.17, 15) is 9.59 Å². The van der Waals surface area contributed by atoms with Gasteiger partial charge in [0.25, 0.3) is 5.91 Å². The van der Waals surface area contributed by atoms with Gasteiger partial charge < -0.3 is 14.8 Å². The number of rotatable bonds is 6. The van der Waals surface area contributed by atoms with E-state index < -0.39 is 5.97 Å². The lowest BCUT2D eigenvalue weighted by atomic mass is 10.1. The number of esters is 1. The predicted octanol–water partition coefficient (Wildman–Crippen LogP) is 3.51. The zero-order valence-corrected chi connectivity index (χ0v) is 13.2. The molecule has 0 fully saturated rings. The molecule has 2 aromatic carbocycles. The molecule has 0 radical (unpaired) electrons. The average molecular weight is 313 g/mol. The number of anilines is 1. The van der Waals surface area contributed by atoms with Crippen molar-refractivity contribution in [1.82, 2.24) is 0 Å². The smallest absolute Gasteiger partial charge is 0.337 e. The molecule has 0 aliphatic heterocycles.